The molecule has 4 heteroatoms. The van der Waals surface area contributed by atoms with Crippen molar-refractivity contribution < 1.29 is 14.3 Å². The lowest BCUT2D eigenvalue weighted by atomic mass is 10.2. The number of benzene rings is 2. The number of ether oxygens (including phenoxy) is 1. The highest BCUT2D eigenvalue weighted by Gasteiger charge is 2.08. The molecule has 0 atom stereocenters. The third-order valence-electron chi connectivity index (χ3n) is 2.67. The fourth-order valence-corrected chi connectivity index (χ4v) is 1.69. The average molecular weight is 255 g/mol. The summed E-state index contributed by atoms with van der Waals surface area (Å²) in [4.78, 5) is 21.7. The molecule has 2 aromatic rings. The van der Waals surface area contributed by atoms with Gasteiger partial charge in [-0.1, -0.05) is 12.1 Å². The molecule has 0 bridgehead atoms. The second-order valence-corrected chi connectivity index (χ2v) is 3.88. The Hall–Kier alpha value is -2.62. The molecule has 0 saturated carbocycles. The molecule has 96 valence electrons. The summed E-state index contributed by atoms with van der Waals surface area (Å²) in [5, 5.41) is 2.96. The van der Waals surface area contributed by atoms with E-state index in [-0.39, 0.29) is 0 Å². The second kappa shape index (κ2) is 5.82. The zero-order chi connectivity index (χ0) is 13.7. The van der Waals surface area contributed by atoms with E-state index in [2.05, 4.69) is 5.32 Å². The van der Waals surface area contributed by atoms with Crippen molar-refractivity contribution in [3.63, 3.8) is 0 Å². The van der Waals surface area contributed by atoms with E-state index in [9.17, 15) is 9.59 Å². The van der Waals surface area contributed by atoms with Gasteiger partial charge < -0.3 is 10.1 Å². The van der Waals surface area contributed by atoms with Gasteiger partial charge in [-0.3, -0.25) is 9.59 Å². The fraction of sp³-hybridized carbons (Fsp3) is 0.0667. The molecule has 0 aromatic heterocycles. The lowest BCUT2D eigenvalue weighted by Gasteiger charge is -2.12. The van der Waals surface area contributed by atoms with Crippen LogP contribution in [-0.4, -0.2) is 19.6 Å². The van der Waals surface area contributed by atoms with E-state index in [1.807, 2.05) is 0 Å². The first-order valence-corrected chi connectivity index (χ1v) is 5.77. The van der Waals surface area contributed by atoms with Gasteiger partial charge in [0.15, 0.2) is 12.0 Å². The minimum absolute atomic E-state index is 0.476. The Labute approximate surface area is 111 Å². The molecule has 2 aromatic carbocycles. The Bertz CT molecular complexity index is 608. The molecular formula is C15H13NO3. The summed E-state index contributed by atoms with van der Waals surface area (Å²) in [5.41, 5.74) is 1.72. The van der Waals surface area contributed by atoms with Crippen LogP contribution < -0.4 is 10.1 Å². The summed E-state index contributed by atoms with van der Waals surface area (Å²) in [6, 6.07) is 12.0. The molecule has 1 N–H and O–H groups in total. The Kier molecular flexibility index (Phi) is 3.93. The van der Waals surface area contributed by atoms with Crippen LogP contribution in [-0.2, 0) is 0 Å². The number of hydrogen-bond acceptors (Lipinski definition) is 4. The van der Waals surface area contributed by atoms with Crippen LogP contribution in [0.15, 0.2) is 42.5 Å². The monoisotopic (exact) mass is 255 g/mol. The Balaban J connectivity index is 2.37. The molecule has 0 aliphatic carbocycles. The summed E-state index contributed by atoms with van der Waals surface area (Å²) in [6.45, 7) is 0. The molecule has 0 amide bonds. The number of anilines is 1. The highest BCUT2D eigenvalue weighted by Crippen LogP contribution is 2.31. The predicted molar refractivity (Wildman–Crippen MR) is 73.3 cm³/mol. The topological polar surface area (TPSA) is 55.4 Å². The number of nitrogens with one attached hydrogen (secondary N) is 1. The first-order chi connectivity index (χ1) is 9.28. The van der Waals surface area contributed by atoms with Gasteiger partial charge in [0, 0.05) is 12.6 Å². The van der Waals surface area contributed by atoms with Gasteiger partial charge in [-0.15, -0.1) is 0 Å². The van der Waals surface area contributed by atoms with Crippen molar-refractivity contribution in [1.29, 1.82) is 0 Å². The van der Waals surface area contributed by atoms with E-state index >= 15 is 0 Å². The lowest BCUT2D eigenvalue weighted by Crippen LogP contribution is -1.96. The first kappa shape index (κ1) is 12.8. The molecule has 0 spiro atoms. The number of para-hydroxylation sites is 1. The maximum atomic E-state index is 10.9. The van der Waals surface area contributed by atoms with Crippen LogP contribution in [0.4, 0.5) is 5.69 Å². The molecule has 0 aliphatic heterocycles. The molecule has 2 rings (SSSR count). The van der Waals surface area contributed by atoms with E-state index in [4.69, 9.17) is 4.74 Å². The van der Waals surface area contributed by atoms with Crippen LogP contribution >= 0.6 is 0 Å². The zero-order valence-corrected chi connectivity index (χ0v) is 10.4. The average Bonchev–Trinajstić information content (AvgIpc) is 2.48. The van der Waals surface area contributed by atoms with Crippen molar-refractivity contribution in [3.05, 3.63) is 53.6 Å². The Morgan fingerprint density at radius 2 is 1.79 bits per heavy atom. The van der Waals surface area contributed by atoms with E-state index in [1.165, 1.54) is 0 Å². The summed E-state index contributed by atoms with van der Waals surface area (Å²) in [7, 11) is 1.74. The van der Waals surface area contributed by atoms with Crippen molar-refractivity contribution in [2.75, 3.05) is 12.4 Å². The number of hydrogen-bond donors (Lipinski definition) is 1. The number of rotatable bonds is 5. The van der Waals surface area contributed by atoms with E-state index in [0.29, 0.717) is 28.3 Å². The summed E-state index contributed by atoms with van der Waals surface area (Å²) in [6.07, 6.45) is 1.51. The maximum Gasteiger partial charge on any atom is 0.153 e. The number of aldehydes is 2. The van der Waals surface area contributed by atoms with Crippen molar-refractivity contribution in [2.24, 2.45) is 0 Å². The van der Waals surface area contributed by atoms with Crippen molar-refractivity contribution in [3.8, 4) is 11.5 Å². The van der Waals surface area contributed by atoms with Crippen LogP contribution in [0.1, 0.15) is 20.7 Å². The smallest absolute Gasteiger partial charge is 0.153 e. The first-order valence-electron chi connectivity index (χ1n) is 5.77. The molecule has 19 heavy (non-hydrogen) atoms. The SMILES string of the molecule is CNc1cc(C=O)ccc1Oc1ccccc1C=O. The van der Waals surface area contributed by atoms with Crippen LogP contribution in [0.25, 0.3) is 0 Å². The minimum Gasteiger partial charge on any atom is -0.454 e. The molecule has 4 nitrogen and oxygen atoms in total. The maximum absolute atomic E-state index is 10.9. The van der Waals surface area contributed by atoms with E-state index < -0.39 is 0 Å². The van der Waals surface area contributed by atoms with Crippen LogP contribution in [0.3, 0.4) is 0 Å². The van der Waals surface area contributed by atoms with E-state index in [1.54, 1.807) is 49.5 Å². The van der Waals surface area contributed by atoms with Crippen molar-refractivity contribution in [2.45, 2.75) is 0 Å². The predicted octanol–water partition coefficient (Wildman–Crippen LogP) is 3.15. The van der Waals surface area contributed by atoms with Gasteiger partial charge in [0.25, 0.3) is 0 Å². The van der Waals surface area contributed by atoms with Crippen molar-refractivity contribution in [1.82, 2.24) is 0 Å². The molecule has 0 unspecified atom stereocenters. The van der Waals surface area contributed by atoms with Gasteiger partial charge in [-0.25, -0.2) is 0 Å². The summed E-state index contributed by atoms with van der Waals surface area (Å²) in [5.74, 6) is 1.04. The lowest BCUT2D eigenvalue weighted by molar-refractivity contribution is 0.111. The quantitative estimate of drug-likeness (QED) is 0.834. The highest BCUT2D eigenvalue weighted by molar-refractivity contribution is 5.81. The third-order valence-corrected chi connectivity index (χ3v) is 2.67. The fourth-order valence-electron chi connectivity index (χ4n) is 1.69. The van der Waals surface area contributed by atoms with Crippen molar-refractivity contribution >= 4 is 18.3 Å². The summed E-state index contributed by atoms with van der Waals surface area (Å²) >= 11 is 0. The third kappa shape index (κ3) is 2.80. The molecule has 0 fully saturated rings. The molecular weight excluding hydrogens is 242 g/mol. The van der Waals surface area contributed by atoms with Gasteiger partial charge in [-0.05, 0) is 30.3 Å². The summed E-state index contributed by atoms with van der Waals surface area (Å²) < 4.78 is 5.71. The van der Waals surface area contributed by atoms with Gasteiger partial charge in [0.1, 0.15) is 12.0 Å². The Morgan fingerprint density at radius 1 is 1.00 bits per heavy atom. The van der Waals surface area contributed by atoms with Gasteiger partial charge >= 0.3 is 0 Å². The molecule has 0 radical (unpaired) electrons. The van der Waals surface area contributed by atoms with Crippen LogP contribution in [0.2, 0.25) is 0 Å². The zero-order valence-electron chi connectivity index (χ0n) is 10.4. The van der Waals surface area contributed by atoms with Crippen LogP contribution in [0.5, 0.6) is 11.5 Å². The standard InChI is InChI=1S/C15H13NO3/c1-16-13-8-11(9-17)6-7-15(13)19-14-5-3-2-4-12(14)10-18/h2-10,16H,1H3. The molecule has 0 aliphatic rings. The van der Waals surface area contributed by atoms with Gasteiger partial charge in [-0.2, -0.15) is 0 Å². The van der Waals surface area contributed by atoms with Gasteiger partial charge in [0.05, 0.1) is 11.3 Å². The van der Waals surface area contributed by atoms with Gasteiger partial charge in [0.2, 0.25) is 0 Å². The largest absolute Gasteiger partial charge is 0.454 e. The number of carbonyl (C=O) groups excluding carboxylic acids is 2. The normalized spacial score (nSPS) is 9.74. The molecule has 0 saturated heterocycles. The van der Waals surface area contributed by atoms with Crippen LogP contribution in [0, 0.1) is 0 Å². The second-order valence-electron chi connectivity index (χ2n) is 3.88. The Morgan fingerprint density at radius 3 is 2.47 bits per heavy atom. The minimum atomic E-state index is 0.476. The van der Waals surface area contributed by atoms with E-state index in [0.717, 1.165) is 12.6 Å². The highest BCUT2D eigenvalue weighted by atomic mass is 16.5. The molecule has 0 heterocycles. The number of carbonyl (C=O) groups is 2.